The molecule has 114 valence electrons. The van der Waals surface area contributed by atoms with E-state index in [9.17, 15) is 4.79 Å². The van der Waals surface area contributed by atoms with Crippen LogP contribution >= 0.6 is 15.9 Å². The lowest BCUT2D eigenvalue weighted by Gasteiger charge is -2.10. The van der Waals surface area contributed by atoms with Gasteiger partial charge in [0.05, 0.1) is 0 Å². The van der Waals surface area contributed by atoms with Gasteiger partial charge in [-0.25, -0.2) is 0 Å². The molecular formula is C16H19Br2NO2. The van der Waals surface area contributed by atoms with Crippen LogP contribution in [0.3, 0.4) is 0 Å². The van der Waals surface area contributed by atoms with Gasteiger partial charge in [0.2, 0.25) is 11.8 Å². The number of nitrogens with zero attached hydrogens (tertiary/aromatic N) is 1. The summed E-state index contributed by atoms with van der Waals surface area (Å²) in [4.78, 5) is 12.5. The molecule has 0 aliphatic heterocycles. The number of pyridine rings is 1. The second-order valence-corrected chi connectivity index (χ2v) is 5.65. The zero-order valence-electron chi connectivity index (χ0n) is 12.2. The number of benzene rings is 1. The van der Waals surface area contributed by atoms with Crippen molar-refractivity contribution in [3.05, 3.63) is 63.9 Å². The predicted molar refractivity (Wildman–Crippen MR) is 82.9 cm³/mol. The molecule has 0 amide bonds. The van der Waals surface area contributed by atoms with Crippen LogP contribution in [0.4, 0.5) is 0 Å². The van der Waals surface area contributed by atoms with Gasteiger partial charge in [-0.2, -0.15) is 4.57 Å². The molecular weight excluding hydrogens is 398 g/mol. The van der Waals surface area contributed by atoms with Crippen molar-refractivity contribution >= 4 is 21.7 Å². The molecule has 0 bridgehead atoms. The van der Waals surface area contributed by atoms with Crippen molar-refractivity contribution in [3.8, 4) is 0 Å². The maximum Gasteiger partial charge on any atom is 0.230 e. The zero-order valence-corrected chi connectivity index (χ0v) is 15.4. The highest BCUT2D eigenvalue weighted by Gasteiger charge is 2.25. The second kappa shape index (κ2) is 8.41. The number of aromatic nitrogens is 1. The Balaban J connectivity index is 0.00000200. The van der Waals surface area contributed by atoms with Crippen molar-refractivity contribution < 1.29 is 31.8 Å². The van der Waals surface area contributed by atoms with Crippen LogP contribution in [0.2, 0.25) is 0 Å². The molecule has 0 aliphatic carbocycles. The van der Waals surface area contributed by atoms with Crippen molar-refractivity contribution in [2.45, 2.75) is 26.8 Å². The summed E-state index contributed by atoms with van der Waals surface area (Å²) >= 11 is 3.38. The summed E-state index contributed by atoms with van der Waals surface area (Å²) in [6, 6.07) is 11.3. The van der Waals surface area contributed by atoms with Crippen LogP contribution in [0, 0.1) is 13.8 Å². The molecule has 2 rings (SSSR count). The fraction of sp³-hybridized carbons (Fsp3) is 0.250. The predicted octanol–water partition coefficient (Wildman–Crippen LogP) is -0.0234. The first-order valence-corrected chi connectivity index (χ1v) is 7.07. The smallest absolute Gasteiger partial charge is 0.230 e. The summed E-state index contributed by atoms with van der Waals surface area (Å²) in [6.45, 7) is 6.04. The summed E-state index contributed by atoms with van der Waals surface area (Å²) < 4.78 is 3.01. The fourth-order valence-electron chi connectivity index (χ4n) is 2.12. The first-order chi connectivity index (χ1) is 9.00. The van der Waals surface area contributed by atoms with Crippen LogP contribution in [-0.2, 0) is 0 Å². The minimum Gasteiger partial charge on any atom is -1.00 e. The molecule has 3 nitrogen and oxygen atoms in total. The van der Waals surface area contributed by atoms with Gasteiger partial charge in [-0.3, -0.25) is 4.79 Å². The van der Waals surface area contributed by atoms with Crippen LogP contribution in [-0.4, -0.2) is 11.3 Å². The highest BCUT2D eigenvalue weighted by atomic mass is 79.9. The summed E-state index contributed by atoms with van der Waals surface area (Å²) in [6.07, 6.45) is 1.96. The number of hydrogen-bond acceptors (Lipinski definition) is 1. The lowest BCUT2D eigenvalue weighted by Crippen LogP contribution is -3.00. The Morgan fingerprint density at radius 1 is 1.14 bits per heavy atom. The average Bonchev–Trinajstić information content (AvgIpc) is 2.41. The van der Waals surface area contributed by atoms with Crippen molar-refractivity contribution in [2.24, 2.45) is 0 Å². The molecule has 0 saturated carbocycles. The number of hydrogen-bond donors (Lipinski definition) is 0. The topological polar surface area (TPSA) is 52.5 Å². The van der Waals surface area contributed by atoms with E-state index < -0.39 is 0 Å². The van der Waals surface area contributed by atoms with Gasteiger partial charge in [0.25, 0.3) is 0 Å². The molecule has 21 heavy (non-hydrogen) atoms. The van der Waals surface area contributed by atoms with Crippen molar-refractivity contribution in [1.29, 1.82) is 0 Å². The Hall–Kier alpha value is -1.04. The lowest BCUT2D eigenvalue weighted by molar-refractivity contribution is -0.710. The molecule has 0 spiro atoms. The Labute approximate surface area is 144 Å². The van der Waals surface area contributed by atoms with Gasteiger partial charge in [0.15, 0.2) is 11.9 Å². The number of carbonyl (C=O) groups is 1. The number of ketones is 1. The van der Waals surface area contributed by atoms with E-state index in [-0.39, 0.29) is 34.3 Å². The van der Waals surface area contributed by atoms with Gasteiger partial charge in [0.1, 0.15) is 0 Å². The van der Waals surface area contributed by atoms with Crippen molar-refractivity contribution in [2.75, 3.05) is 0 Å². The number of rotatable bonds is 3. The fourth-order valence-corrected chi connectivity index (χ4v) is 2.38. The number of carbonyl (C=O) groups excluding carboxylic acids is 1. The molecule has 2 aromatic rings. The third kappa shape index (κ3) is 4.46. The summed E-state index contributed by atoms with van der Waals surface area (Å²) in [5.74, 6) is 0.131. The maximum atomic E-state index is 12.5. The Morgan fingerprint density at radius 3 is 2.29 bits per heavy atom. The van der Waals surface area contributed by atoms with Gasteiger partial charge in [-0.05, 0) is 25.1 Å². The molecule has 1 atom stereocenters. The molecule has 0 fully saturated rings. The lowest BCUT2D eigenvalue weighted by atomic mass is 10.0. The summed E-state index contributed by atoms with van der Waals surface area (Å²) in [5.41, 5.74) is 3.06. The molecule has 5 heteroatoms. The minimum atomic E-state index is -0.193. The normalized spacial score (nSPS) is 11.0. The Morgan fingerprint density at radius 2 is 1.71 bits per heavy atom. The zero-order chi connectivity index (χ0) is 14.0. The quantitative estimate of drug-likeness (QED) is 0.512. The number of aryl methyl sites for hydroxylation is 1. The summed E-state index contributed by atoms with van der Waals surface area (Å²) in [5, 5.41) is 0. The number of halogens is 2. The Kier molecular flexibility index (Phi) is 8.00. The second-order valence-electron chi connectivity index (χ2n) is 4.73. The van der Waals surface area contributed by atoms with E-state index in [1.807, 2.05) is 54.9 Å². The third-order valence-electron chi connectivity index (χ3n) is 3.48. The molecule has 1 aromatic heterocycles. The van der Waals surface area contributed by atoms with Gasteiger partial charge in [0, 0.05) is 35.5 Å². The number of Topliss-reactive ketones (excluding diaryl/α,β-unsaturated/α-hetero) is 1. The summed E-state index contributed by atoms with van der Waals surface area (Å²) in [7, 11) is 0. The van der Waals surface area contributed by atoms with Crippen LogP contribution < -0.4 is 21.5 Å². The highest BCUT2D eigenvalue weighted by molar-refractivity contribution is 9.10. The van der Waals surface area contributed by atoms with E-state index in [4.69, 9.17) is 0 Å². The first kappa shape index (κ1) is 20.0. The standard InChI is InChI=1S/C16H17BrNO.BrH.H2O/c1-11-5-4-10-18(12(11)2)13(3)16(19)14-6-8-15(17)9-7-14;;/h4-10,13H,1-3H3;1H;1H2/q+1;;/p-1. The molecule has 0 saturated heterocycles. The minimum absolute atomic E-state index is 0. The van der Waals surface area contributed by atoms with Crippen molar-refractivity contribution in [3.63, 3.8) is 0 Å². The van der Waals surface area contributed by atoms with Crippen LogP contribution in [0.25, 0.3) is 0 Å². The van der Waals surface area contributed by atoms with E-state index in [1.165, 1.54) is 5.56 Å². The molecule has 0 aliphatic rings. The largest absolute Gasteiger partial charge is 1.00 e. The van der Waals surface area contributed by atoms with Gasteiger partial charge in [-0.15, -0.1) is 0 Å². The molecule has 1 unspecified atom stereocenters. The van der Waals surface area contributed by atoms with E-state index in [0.717, 1.165) is 15.7 Å². The monoisotopic (exact) mass is 415 g/mol. The van der Waals surface area contributed by atoms with Crippen molar-refractivity contribution in [1.82, 2.24) is 0 Å². The maximum absolute atomic E-state index is 12.5. The molecule has 0 radical (unpaired) electrons. The van der Waals surface area contributed by atoms with E-state index >= 15 is 0 Å². The molecule has 2 N–H and O–H groups in total. The SMILES string of the molecule is Cc1ccc[n+](C(C)C(=O)c2ccc(Br)cc2)c1C.O.[Br-]. The highest BCUT2D eigenvalue weighted by Crippen LogP contribution is 2.15. The van der Waals surface area contributed by atoms with Gasteiger partial charge < -0.3 is 22.5 Å². The van der Waals surface area contributed by atoms with Gasteiger partial charge >= 0.3 is 0 Å². The molecule has 1 heterocycles. The average molecular weight is 417 g/mol. The van der Waals surface area contributed by atoms with E-state index in [2.05, 4.69) is 28.9 Å². The first-order valence-electron chi connectivity index (χ1n) is 6.28. The van der Waals surface area contributed by atoms with E-state index in [1.54, 1.807) is 0 Å². The van der Waals surface area contributed by atoms with Crippen LogP contribution in [0.1, 0.15) is 34.6 Å². The van der Waals surface area contributed by atoms with Crippen LogP contribution in [0.15, 0.2) is 47.1 Å². The Bertz CT molecular complexity index is 612. The van der Waals surface area contributed by atoms with Crippen LogP contribution in [0.5, 0.6) is 0 Å². The third-order valence-corrected chi connectivity index (χ3v) is 4.00. The van der Waals surface area contributed by atoms with E-state index in [0.29, 0.717) is 0 Å². The van der Waals surface area contributed by atoms with Gasteiger partial charge in [-0.1, -0.05) is 28.1 Å². The molecule has 1 aromatic carbocycles.